The fraction of sp³-hybridized carbons (Fsp3) is 0.692. The maximum absolute atomic E-state index is 9.89. The van der Waals surface area contributed by atoms with Crippen LogP contribution in [0.2, 0.25) is 0 Å². The van der Waals surface area contributed by atoms with Crippen LogP contribution in [0.3, 0.4) is 0 Å². The summed E-state index contributed by atoms with van der Waals surface area (Å²) in [4.78, 5) is 11.0. The average Bonchev–Trinajstić information content (AvgIpc) is 2.35. The molecule has 0 saturated carbocycles. The van der Waals surface area contributed by atoms with E-state index in [0.717, 1.165) is 50.5 Å². The molecule has 2 heterocycles. The van der Waals surface area contributed by atoms with Gasteiger partial charge < -0.3 is 10.4 Å². The lowest BCUT2D eigenvalue weighted by Crippen LogP contribution is -2.42. The van der Waals surface area contributed by atoms with Crippen LogP contribution >= 0.6 is 0 Å². The van der Waals surface area contributed by atoms with Crippen LogP contribution in [0.4, 0.5) is 5.82 Å². The van der Waals surface area contributed by atoms with Gasteiger partial charge in [-0.2, -0.15) is 0 Å². The summed E-state index contributed by atoms with van der Waals surface area (Å²) in [5.41, 5.74) is 0.495. The summed E-state index contributed by atoms with van der Waals surface area (Å²) in [6.07, 6.45) is 5.26. The maximum atomic E-state index is 9.89. The molecule has 0 amide bonds. The van der Waals surface area contributed by atoms with Crippen LogP contribution in [0.15, 0.2) is 12.4 Å². The van der Waals surface area contributed by atoms with Crippen molar-refractivity contribution in [3.05, 3.63) is 18.1 Å². The summed E-state index contributed by atoms with van der Waals surface area (Å²) >= 11 is 0. The van der Waals surface area contributed by atoms with Crippen molar-refractivity contribution in [2.75, 3.05) is 25.0 Å². The third-order valence-corrected chi connectivity index (χ3v) is 3.38. The fourth-order valence-corrected chi connectivity index (χ4v) is 2.13. The SMILES string of the molecule is CCNc1cnc(CN2CCC(C)(O)CC2)cn1. The molecule has 0 radical (unpaired) electrons. The Kier molecular flexibility index (Phi) is 4.14. The lowest BCUT2D eigenvalue weighted by atomic mass is 9.94. The van der Waals surface area contributed by atoms with Crippen molar-refractivity contribution in [1.82, 2.24) is 14.9 Å². The lowest BCUT2D eigenvalue weighted by Gasteiger charge is -2.35. The first-order valence-corrected chi connectivity index (χ1v) is 6.58. The molecule has 1 aliphatic heterocycles. The van der Waals surface area contributed by atoms with Crippen LogP contribution in [0.25, 0.3) is 0 Å². The predicted octanol–water partition coefficient (Wildman–Crippen LogP) is 1.26. The Hall–Kier alpha value is -1.20. The Morgan fingerprint density at radius 3 is 2.61 bits per heavy atom. The quantitative estimate of drug-likeness (QED) is 0.842. The molecular formula is C13H22N4O. The van der Waals surface area contributed by atoms with Crippen LogP contribution in [0.1, 0.15) is 32.4 Å². The second kappa shape index (κ2) is 5.63. The Labute approximate surface area is 108 Å². The van der Waals surface area contributed by atoms with Gasteiger partial charge in [-0.3, -0.25) is 9.88 Å². The molecule has 5 heteroatoms. The number of nitrogens with one attached hydrogen (secondary N) is 1. The standard InChI is InChI=1S/C13H22N4O/c1-3-14-12-9-15-11(8-16-12)10-17-6-4-13(2,18)5-7-17/h8-9,18H,3-7,10H2,1-2H3,(H,14,16). The van der Waals surface area contributed by atoms with Crippen molar-refractivity contribution in [1.29, 1.82) is 0 Å². The number of aromatic nitrogens is 2. The van der Waals surface area contributed by atoms with Crippen molar-refractivity contribution in [3.63, 3.8) is 0 Å². The van der Waals surface area contributed by atoms with Crippen LogP contribution < -0.4 is 5.32 Å². The number of piperidine rings is 1. The van der Waals surface area contributed by atoms with Crippen molar-refractivity contribution in [2.24, 2.45) is 0 Å². The molecule has 0 spiro atoms. The molecule has 2 N–H and O–H groups in total. The molecule has 1 fully saturated rings. The summed E-state index contributed by atoms with van der Waals surface area (Å²) < 4.78 is 0. The highest BCUT2D eigenvalue weighted by Gasteiger charge is 2.27. The van der Waals surface area contributed by atoms with Gasteiger partial charge in [0.1, 0.15) is 5.82 Å². The minimum Gasteiger partial charge on any atom is -0.390 e. The number of rotatable bonds is 4. The second-order valence-electron chi connectivity index (χ2n) is 5.20. The van der Waals surface area contributed by atoms with Gasteiger partial charge in [0.05, 0.1) is 23.7 Å². The number of likely N-dealkylation sites (tertiary alicyclic amines) is 1. The number of hydrogen-bond acceptors (Lipinski definition) is 5. The number of hydrogen-bond donors (Lipinski definition) is 2. The Balaban J connectivity index is 1.86. The first kappa shape index (κ1) is 13.2. The highest BCUT2D eigenvalue weighted by atomic mass is 16.3. The van der Waals surface area contributed by atoms with Gasteiger partial charge in [0, 0.05) is 26.2 Å². The van der Waals surface area contributed by atoms with Crippen LogP contribution in [-0.4, -0.2) is 45.2 Å². The normalized spacial score (nSPS) is 19.7. The van der Waals surface area contributed by atoms with E-state index in [1.54, 1.807) is 6.20 Å². The molecule has 1 aromatic heterocycles. The topological polar surface area (TPSA) is 61.3 Å². The maximum Gasteiger partial charge on any atom is 0.144 e. The van der Waals surface area contributed by atoms with Gasteiger partial charge in [-0.15, -0.1) is 0 Å². The monoisotopic (exact) mass is 250 g/mol. The average molecular weight is 250 g/mol. The van der Waals surface area contributed by atoms with Gasteiger partial charge in [-0.1, -0.05) is 0 Å². The van der Waals surface area contributed by atoms with E-state index in [0.29, 0.717) is 0 Å². The predicted molar refractivity (Wildman–Crippen MR) is 71.3 cm³/mol. The van der Waals surface area contributed by atoms with E-state index in [-0.39, 0.29) is 0 Å². The van der Waals surface area contributed by atoms with Gasteiger partial charge >= 0.3 is 0 Å². The van der Waals surface area contributed by atoms with Crippen LogP contribution in [-0.2, 0) is 6.54 Å². The van der Waals surface area contributed by atoms with Crippen LogP contribution in [0, 0.1) is 0 Å². The zero-order valence-corrected chi connectivity index (χ0v) is 11.2. The molecule has 0 unspecified atom stereocenters. The minimum absolute atomic E-state index is 0.489. The zero-order chi connectivity index (χ0) is 13.0. The molecule has 0 aliphatic carbocycles. The molecule has 1 aliphatic rings. The molecule has 0 aromatic carbocycles. The lowest BCUT2D eigenvalue weighted by molar-refractivity contribution is -0.00759. The molecule has 1 saturated heterocycles. The van der Waals surface area contributed by atoms with Gasteiger partial charge in [0.2, 0.25) is 0 Å². The van der Waals surface area contributed by atoms with Crippen LogP contribution in [0.5, 0.6) is 0 Å². The second-order valence-corrected chi connectivity index (χ2v) is 5.20. The summed E-state index contributed by atoms with van der Waals surface area (Å²) in [6.45, 7) is 7.46. The number of aliphatic hydroxyl groups is 1. The molecule has 1 aromatic rings. The molecule has 5 nitrogen and oxygen atoms in total. The van der Waals surface area contributed by atoms with Gasteiger partial charge in [0.25, 0.3) is 0 Å². The van der Waals surface area contributed by atoms with Crippen molar-refractivity contribution in [3.8, 4) is 0 Å². The molecule has 2 rings (SSSR count). The van der Waals surface area contributed by atoms with E-state index in [2.05, 4.69) is 20.2 Å². The number of anilines is 1. The molecule has 100 valence electrons. The Bertz CT molecular complexity index is 367. The van der Waals surface area contributed by atoms with E-state index < -0.39 is 5.60 Å². The molecular weight excluding hydrogens is 228 g/mol. The summed E-state index contributed by atoms with van der Waals surface area (Å²) in [6, 6.07) is 0. The largest absolute Gasteiger partial charge is 0.390 e. The first-order valence-electron chi connectivity index (χ1n) is 6.58. The van der Waals surface area contributed by atoms with Gasteiger partial charge in [-0.05, 0) is 26.7 Å². The summed E-state index contributed by atoms with van der Waals surface area (Å²) in [7, 11) is 0. The highest BCUT2D eigenvalue weighted by Crippen LogP contribution is 2.21. The minimum atomic E-state index is -0.489. The van der Waals surface area contributed by atoms with Crippen molar-refractivity contribution >= 4 is 5.82 Å². The van der Waals surface area contributed by atoms with E-state index >= 15 is 0 Å². The first-order chi connectivity index (χ1) is 8.59. The van der Waals surface area contributed by atoms with E-state index in [4.69, 9.17) is 0 Å². The van der Waals surface area contributed by atoms with E-state index in [1.807, 2.05) is 20.0 Å². The van der Waals surface area contributed by atoms with Crippen molar-refractivity contribution < 1.29 is 5.11 Å². The highest BCUT2D eigenvalue weighted by molar-refractivity contribution is 5.30. The Morgan fingerprint density at radius 1 is 1.33 bits per heavy atom. The third kappa shape index (κ3) is 3.65. The summed E-state index contributed by atoms with van der Waals surface area (Å²) in [5.74, 6) is 0.822. The van der Waals surface area contributed by atoms with E-state index in [9.17, 15) is 5.11 Å². The molecule has 18 heavy (non-hydrogen) atoms. The smallest absolute Gasteiger partial charge is 0.144 e. The Morgan fingerprint density at radius 2 is 2.06 bits per heavy atom. The third-order valence-electron chi connectivity index (χ3n) is 3.38. The number of nitrogens with zero attached hydrogens (tertiary/aromatic N) is 3. The van der Waals surface area contributed by atoms with Gasteiger partial charge in [-0.25, -0.2) is 4.98 Å². The molecule has 0 atom stereocenters. The van der Waals surface area contributed by atoms with E-state index in [1.165, 1.54) is 0 Å². The fourth-order valence-electron chi connectivity index (χ4n) is 2.13. The molecule has 0 bridgehead atoms. The van der Waals surface area contributed by atoms with Crippen molar-refractivity contribution in [2.45, 2.75) is 38.8 Å². The van der Waals surface area contributed by atoms with Gasteiger partial charge in [0.15, 0.2) is 0 Å². The summed E-state index contributed by atoms with van der Waals surface area (Å²) in [5, 5.41) is 13.0. The zero-order valence-electron chi connectivity index (χ0n) is 11.2.